The zero-order chi connectivity index (χ0) is 63.4. The highest BCUT2D eigenvalue weighted by Crippen LogP contribution is 2.51. The summed E-state index contributed by atoms with van der Waals surface area (Å²) in [6, 6.07) is 32.6. The maximum absolute atomic E-state index is 13.6. The summed E-state index contributed by atoms with van der Waals surface area (Å²) in [4.78, 5) is 40.9. The number of carbonyl (C=O) groups is 3. The van der Waals surface area contributed by atoms with Crippen molar-refractivity contribution in [3.63, 3.8) is 0 Å². The Morgan fingerprint density at radius 3 is 1.82 bits per heavy atom. The minimum atomic E-state index is -4.70. The number of ether oxygens (including phenoxy) is 2. The van der Waals surface area contributed by atoms with E-state index in [0.717, 1.165) is 10.6 Å². The SMILES string of the molecule is COCCN1C(=CC=CC=CC2=[N+](CCCCCC(=O)NCCNC(=O)c3ccc(C(=O)OC)c(P(c4ccccc4)c4ccccc4)c3)c3ccc(S(=O)(=O)O)cc3C2(C)CCCS(=O)(=O)O)C(C)(CCCS(=O)(=O)O)c2cc(S(=O)(=O)O)ccc21. The largest absolute Gasteiger partial charge is 0.465 e. The summed E-state index contributed by atoms with van der Waals surface area (Å²) in [6.07, 6.45) is 10.5. The molecule has 5 aromatic carbocycles. The molecule has 0 aliphatic carbocycles. The molecular weight excluding hydrogens is 1220 g/mol. The Morgan fingerprint density at radius 2 is 1.23 bits per heavy atom. The van der Waals surface area contributed by atoms with E-state index in [1.165, 1.54) is 38.5 Å². The molecule has 5 aromatic rings. The number of methoxy groups -OCH3 is 2. The summed E-state index contributed by atoms with van der Waals surface area (Å²) < 4.78 is 149. The second-order valence-corrected chi connectivity index (χ2v) is 29.5. The first-order chi connectivity index (χ1) is 41.1. The van der Waals surface area contributed by atoms with Gasteiger partial charge in [0.25, 0.3) is 46.4 Å². The van der Waals surface area contributed by atoms with Crippen molar-refractivity contribution in [3.8, 4) is 0 Å². The summed E-state index contributed by atoms with van der Waals surface area (Å²) >= 11 is 0. The number of benzene rings is 5. The summed E-state index contributed by atoms with van der Waals surface area (Å²) in [6.45, 7) is 4.70. The Bertz CT molecular complexity index is 3920. The van der Waals surface area contributed by atoms with Crippen LogP contribution in [0.5, 0.6) is 0 Å². The van der Waals surface area contributed by atoms with Gasteiger partial charge in [0, 0.05) is 85.0 Å². The Kier molecular flexibility index (Phi) is 22.6. The molecule has 0 fully saturated rings. The lowest BCUT2D eigenvalue weighted by Gasteiger charge is -2.30. The molecule has 7 rings (SSSR count). The molecule has 26 heteroatoms. The molecule has 2 unspecified atom stereocenters. The predicted octanol–water partition coefficient (Wildman–Crippen LogP) is 6.94. The van der Waals surface area contributed by atoms with Crippen molar-refractivity contribution in [3.05, 3.63) is 174 Å². The summed E-state index contributed by atoms with van der Waals surface area (Å²) in [5.74, 6) is -2.34. The Morgan fingerprint density at radius 1 is 0.644 bits per heavy atom. The fourth-order valence-corrected chi connectivity index (χ4v) is 15.7. The van der Waals surface area contributed by atoms with Gasteiger partial charge >= 0.3 is 5.97 Å². The minimum absolute atomic E-state index is 0.0174. The monoisotopic (exact) mass is 1290 g/mol. The highest BCUT2D eigenvalue weighted by molar-refractivity contribution is 7.86. The third-order valence-electron chi connectivity index (χ3n) is 15.4. The maximum atomic E-state index is 13.6. The van der Waals surface area contributed by atoms with Gasteiger partial charge in [-0.25, -0.2) is 4.79 Å². The van der Waals surface area contributed by atoms with E-state index >= 15 is 0 Å². The van der Waals surface area contributed by atoms with E-state index < -0.39 is 82.6 Å². The maximum Gasteiger partial charge on any atom is 0.338 e. The van der Waals surface area contributed by atoms with Crippen LogP contribution in [0, 0.1) is 0 Å². The Labute approximate surface area is 510 Å². The van der Waals surface area contributed by atoms with Crippen molar-refractivity contribution in [2.75, 3.05) is 63.4 Å². The molecule has 466 valence electrons. The quantitative estimate of drug-likeness (QED) is 0.00677. The lowest BCUT2D eigenvalue weighted by atomic mass is 9.76. The molecule has 2 atom stereocenters. The first-order valence-corrected chi connectivity index (χ1v) is 35.3. The van der Waals surface area contributed by atoms with Crippen molar-refractivity contribution in [1.82, 2.24) is 10.6 Å². The highest BCUT2D eigenvalue weighted by atomic mass is 32.2. The van der Waals surface area contributed by atoms with Crippen LogP contribution in [0.1, 0.15) is 97.1 Å². The molecule has 87 heavy (non-hydrogen) atoms. The second kappa shape index (κ2) is 29.0. The zero-order valence-corrected chi connectivity index (χ0v) is 52.7. The number of carbonyl (C=O) groups excluding carboxylic acids is 3. The summed E-state index contributed by atoms with van der Waals surface area (Å²) in [7, 11) is -16.6. The molecule has 2 heterocycles. The number of rotatable bonds is 30. The number of nitrogens with one attached hydrogen (secondary N) is 2. The van der Waals surface area contributed by atoms with Gasteiger partial charge in [-0.2, -0.15) is 38.2 Å². The van der Waals surface area contributed by atoms with Crippen LogP contribution >= 0.6 is 7.92 Å². The molecule has 6 N–H and O–H groups in total. The second-order valence-electron chi connectivity index (χ2n) is 21.4. The van der Waals surface area contributed by atoms with Gasteiger partial charge in [0.05, 0.1) is 46.0 Å². The average molecular weight is 1290 g/mol. The topological polar surface area (TPSA) is 317 Å². The lowest BCUT2D eigenvalue weighted by Crippen LogP contribution is -2.35. The van der Waals surface area contributed by atoms with E-state index in [4.69, 9.17) is 9.47 Å². The predicted molar refractivity (Wildman–Crippen MR) is 334 cm³/mol. The van der Waals surface area contributed by atoms with Crippen LogP contribution in [0.2, 0.25) is 0 Å². The molecule has 0 saturated heterocycles. The Balaban J connectivity index is 1.08. The van der Waals surface area contributed by atoms with Crippen molar-refractivity contribution >= 4 is 99.2 Å². The van der Waals surface area contributed by atoms with Crippen molar-refractivity contribution < 1.29 is 80.3 Å². The minimum Gasteiger partial charge on any atom is -0.465 e. The third kappa shape index (κ3) is 17.3. The summed E-state index contributed by atoms with van der Waals surface area (Å²) in [5, 5.41) is 8.30. The van der Waals surface area contributed by atoms with E-state index in [-0.39, 0.29) is 74.0 Å². The highest BCUT2D eigenvalue weighted by Gasteiger charge is 2.48. The van der Waals surface area contributed by atoms with Crippen LogP contribution in [0.4, 0.5) is 11.4 Å². The van der Waals surface area contributed by atoms with Gasteiger partial charge in [0.1, 0.15) is 6.54 Å². The number of allylic oxidation sites excluding steroid dienone is 6. The number of amides is 2. The number of nitrogens with zero attached hydrogens (tertiary/aromatic N) is 2. The number of fused-ring (bicyclic) bond motifs is 2. The molecule has 2 aliphatic heterocycles. The van der Waals surface area contributed by atoms with Gasteiger partial charge in [0.2, 0.25) is 11.6 Å². The van der Waals surface area contributed by atoms with E-state index in [9.17, 15) is 66.3 Å². The first kappa shape index (κ1) is 67.7. The van der Waals surface area contributed by atoms with Gasteiger partial charge in [-0.3, -0.25) is 27.8 Å². The van der Waals surface area contributed by atoms with Gasteiger partial charge in [-0.15, -0.1) is 0 Å². The number of unbranched alkanes of at least 4 members (excludes halogenated alkanes) is 2. The van der Waals surface area contributed by atoms with Gasteiger partial charge in [0.15, 0.2) is 5.71 Å². The number of hydrogen-bond donors (Lipinski definition) is 6. The van der Waals surface area contributed by atoms with Gasteiger partial charge in [-0.05, 0) is 131 Å². The lowest BCUT2D eigenvalue weighted by molar-refractivity contribution is -0.438. The molecule has 0 bridgehead atoms. The summed E-state index contributed by atoms with van der Waals surface area (Å²) in [5.41, 5.74) is 1.86. The van der Waals surface area contributed by atoms with Crippen LogP contribution < -0.4 is 31.4 Å². The van der Waals surface area contributed by atoms with Crippen molar-refractivity contribution in [1.29, 1.82) is 0 Å². The number of hydrogen-bond acceptors (Lipinski definition) is 14. The molecule has 2 amide bonds. The van der Waals surface area contributed by atoms with Gasteiger partial charge in [-0.1, -0.05) is 78.9 Å². The number of anilines is 1. The van der Waals surface area contributed by atoms with E-state index in [2.05, 4.69) is 10.6 Å². The van der Waals surface area contributed by atoms with E-state index in [1.54, 1.807) is 74.6 Å². The zero-order valence-electron chi connectivity index (χ0n) is 48.5. The smallest absolute Gasteiger partial charge is 0.338 e. The van der Waals surface area contributed by atoms with E-state index in [1.807, 2.05) is 70.1 Å². The van der Waals surface area contributed by atoms with Crippen LogP contribution in [0.25, 0.3) is 0 Å². The molecule has 2 aliphatic rings. The fourth-order valence-electron chi connectivity index (χ4n) is 11.2. The number of esters is 1. The van der Waals surface area contributed by atoms with E-state index in [0.29, 0.717) is 76.1 Å². The third-order valence-corrected chi connectivity index (χ3v) is 21.2. The van der Waals surface area contributed by atoms with Crippen LogP contribution in [-0.2, 0) is 65.6 Å². The van der Waals surface area contributed by atoms with Crippen molar-refractivity contribution in [2.24, 2.45) is 0 Å². The molecule has 0 spiro atoms. The molecule has 21 nitrogen and oxygen atoms in total. The first-order valence-electron chi connectivity index (χ1n) is 27.9. The van der Waals surface area contributed by atoms with Crippen LogP contribution in [0.15, 0.2) is 161 Å². The molecule has 0 radical (unpaired) electrons. The standard InChI is InChI=1S/C61H71N4O17PS4/c1-60(32-17-39-84(69,70)71)50-42-47(86(75,76)77)27-30-52(50)64(55(60)23-13-7-14-24-56-61(2,33-18-40-85(72,73)74)51-43-48(87(78,79)80)28-31-53(51)65(56)37-38-81-3)36-16-8-15-25-57(66)62-34-35-63-58(67)44-26-29-49(59(68)82-4)54(41-44)83(45-19-9-5-10-20-45)46-21-11-6-12-22-46/h5-7,9-14,19-24,26-31,41-43H,8,15-18,25,32-40H2,1-4H3,(H5-,62,63,66,67,69,70,71,72,73,74,75,76,77,78,79,80)/p+1. The van der Waals surface area contributed by atoms with Crippen LogP contribution in [-0.4, -0.2) is 138 Å². The Hall–Kier alpha value is -6.77. The van der Waals surface area contributed by atoms with Gasteiger partial charge < -0.3 is 25.0 Å². The van der Waals surface area contributed by atoms with Crippen molar-refractivity contribution in [2.45, 2.75) is 85.8 Å². The average Bonchev–Trinajstić information content (AvgIpc) is 1.61. The molecule has 0 saturated carbocycles. The fraction of sp³-hybridized carbons (Fsp3) is 0.344. The molecular formula is C61H72N4O17PS4+. The molecule has 0 aromatic heterocycles. The van der Waals surface area contributed by atoms with Crippen LogP contribution in [0.3, 0.4) is 0 Å². The normalized spacial score (nSPS) is 17.6.